The second-order valence-electron chi connectivity index (χ2n) is 7.90. The van der Waals surface area contributed by atoms with Crippen molar-refractivity contribution in [2.24, 2.45) is 5.92 Å². The molecule has 2 heterocycles. The van der Waals surface area contributed by atoms with Gasteiger partial charge in [-0.1, -0.05) is 19.1 Å². The molecule has 5 heteroatoms. The molecule has 5 nitrogen and oxygen atoms in total. The molecule has 3 aromatic rings. The fraction of sp³-hybridized carbons (Fsp3) is 0.348. The predicted octanol–water partition coefficient (Wildman–Crippen LogP) is 3.86. The van der Waals surface area contributed by atoms with Crippen LogP contribution in [-0.4, -0.2) is 30.1 Å². The van der Waals surface area contributed by atoms with Crippen molar-refractivity contribution in [2.45, 2.75) is 32.3 Å². The highest BCUT2D eigenvalue weighted by molar-refractivity contribution is 5.99. The number of ether oxygens (including phenoxy) is 2. The number of rotatable bonds is 3. The summed E-state index contributed by atoms with van der Waals surface area (Å²) in [5, 5.41) is 4.17. The van der Waals surface area contributed by atoms with Crippen LogP contribution in [0.25, 0.3) is 10.9 Å². The van der Waals surface area contributed by atoms with E-state index in [1.54, 1.807) is 0 Å². The molecule has 0 fully saturated rings. The van der Waals surface area contributed by atoms with Crippen LogP contribution in [-0.2, 0) is 12.8 Å². The number of carbonyl (C=O) groups is 1. The molecule has 144 valence electrons. The molecule has 2 N–H and O–H groups in total. The third-order valence-corrected chi connectivity index (χ3v) is 5.75. The number of nitrogens with one attached hydrogen (secondary N) is 2. The summed E-state index contributed by atoms with van der Waals surface area (Å²) >= 11 is 0. The fourth-order valence-corrected chi connectivity index (χ4v) is 4.20. The van der Waals surface area contributed by atoms with Gasteiger partial charge in [-0.15, -0.1) is 0 Å². The number of aromatic amines is 1. The van der Waals surface area contributed by atoms with Crippen molar-refractivity contribution in [3.63, 3.8) is 0 Å². The Hall–Kier alpha value is -2.95. The van der Waals surface area contributed by atoms with E-state index in [9.17, 15) is 4.79 Å². The first-order valence-corrected chi connectivity index (χ1v) is 9.97. The van der Waals surface area contributed by atoms with E-state index >= 15 is 0 Å². The average molecular weight is 376 g/mol. The van der Waals surface area contributed by atoms with Gasteiger partial charge in [-0.25, -0.2) is 0 Å². The van der Waals surface area contributed by atoms with Gasteiger partial charge >= 0.3 is 0 Å². The van der Waals surface area contributed by atoms with Crippen molar-refractivity contribution in [3.05, 3.63) is 59.3 Å². The van der Waals surface area contributed by atoms with Crippen molar-refractivity contribution in [1.82, 2.24) is 10.3 Å². The highest BCUT2D eigenvalue weighted by atomic mass is 16.6. The molecule has 0 bridgehead atoms. The lowest BCUT2D eigenvalue weighted by molar-refractivity contribution is 0.0789. The van der Waals surface area contributed by atoms with E-state index in [-0.39, 0.29) is 12.0 Å². The number of hydrogen-bond acceptors (Lipinski definition) is 3. The summed E-state index contributed by atoms with van der Waals surface area (Å²) in [5.74, 6) is 2.09. The van der Waals surface area contributed by atoms with E-state index in [1.165, 1.54) is 23.1 Å². The van der Waals surface area contributed by atoms with Crippen LogP contribution in [0.3, 0.4) is 0 Å². The summed E-state index contributed by atoms with van der Waals surface area (Å²) in [6.07, 6.45) is 3.20. The lowest BCUT2D eigenvalue weighted by atomic mass is 9.87. The van der Waals surface area contributed by atoms with E-state index in [1.807, 2.05) is 42.5 Å². The van der Waals surface area contributed by atoms with Crippen LogP contribution in [0.5, 0.6) is 11.5 Å². The average Bonchev–Trinajstić information content (AvgIpc) is 3.09. The first-order chi connectivity index (χ1) is 13.7. The molecule has 2 atom stereocenters. The SMILES string of the molecule is CC1CCc2[nH]c3ccc(C(=O)NCC4COc5ccccc5O4)cc3c2C1. The largest absolute Gasteiger partial charge is 0.486 e. The van der Waals surface area contributed by atoms with Gasteiger partial charge in [0.2, 0.25) is 0 Å². The highest BCUT2D eigenvalue weighted by Crippen LogP contribution is 2.32. The third-order valence-electron chi connectivity index (χ3n) is 5.75. The van der Waals surface area contributed by atoms with Crippen molar-refractivity contribution in [2.75, 3.05) is 13.2 Å². The van der Waals surface area contributed by atoms with Crippen molar-refractivity contribution < 1.29 is 14.3 Å². The summed E-state index contributed by atoms with van der Waals surface area (Å²) in [6, 6.07) is 13.5. The Kier molecular flexibility index (Phi) is 4.23. The summed E-state index contributed by atoms with van der Waals surface area (Å²) in [5.41, 5.74) is 4.52. The monoisotopic (exact) mass is 376 g/mol. The second-order valence-corrected chi connectivity index (χ2v) is 7.90. The molecule has 2 unspecified atom stereocenters. The van der Waals surface area contributed by atoms with Crippen molar-refractivity contribution in [3.8, 4) is 11.5 Å². The van der Waals surface area contributed by atoms with Crippen LogP contribution < -0.4 is 14.8 Å². The second kappa shape index (κ2) is 6.89. The maximum atomic E-state index is 12.7. The number of fused-ring (bicyclic) bond motifs is 4. The van der Waals surface area contributed by atoms with Crippen molar-refractivity contribution in [1.29, 1.82) is 0 Å². The molecule has 1 aromatic heterocycles. The summed E-state index contributed by atoms with van der Waals surface area (Å²) in [6.45, 7) is 3.13. The Morgan fingerprint density at radius 2 is 2.07 bits per heavy atom. The van der Waals surface area contributed by atoms with Crippen LogP contribution in [0.2, 0.25) is 0 Å². The number of benzene rings is 2. The summed E-state index contributed by atoms with van der Waals surface area (Å²) in [4.78, 5) is 16.2. The highest BCUT2D eigenvalue weighted by Gasteiger charge is 2.23. The molecule has 5 rings (SSSR count). The topological polar surface area (TPSA) is 63.4 Å². The smallest absolute Gasteiger partial charge is 0.251 e. The number of aryl methyl sites for hydroxylation is 1. The van der Waals surface area contributed by atoms with E-state index in [0.717, 1.165) is 29.9 Å². The Morgan fingerprint density at radius 3 is 2.96 bits per heavy atom. The molecular formula is C23H24N2O3. The van der Waals surface area contributed by atoms with Gasteiger partial charge in [-0.2, -0.15) is 0 Å². The Bertz CT molecular complexity index is 1040. The summed E-state index contributed by atoms with van der Waals surface area (Å²) in [7, 11) is 0. The lowest BCUT2D eigenvalue weighted by Gasteiger charge is -2.26. The van der Waals surface area contributed by atoms with Gasteiger partial charge in [-0.3, -0.25) is 4.79 Å². The molecule has 0 saturated heterocycles. The van der Waals surface area contributed by atoms with E-state index in [0.29, 0.717) is 24.6 Å². The fourth-order valence-electron chi connectivity index (χ4n) is 4.20. The van der Waals surface area contributed by atoms with Gasteiger partial charge in [0.15, 0.2) is 11.5 Å². The number of H-pyrrole nitrogens is 1. The normalized spacial score (nSPS) is 20.6. The zero-order valence-electron chi connectivity index (χ0n) is 16.0. The lowest BCUT2D eigenvalue weighted by Crippen LogP contribution is -2.40. The molecule has 1 aliphatic carbocycles. The van der Waals surface area contributed by atoms with Gasteiger partial charge in [0.05, 0.1) is 6.54 Å². The van der Waals surface area contributed by atoms with Crippen molar-refractivity contribution >= 4 is 16.8 Å². The van der Waals surface area contributed by atoms with E-state index in [4.69, 9.17) is 9.47 Å². The maximum Gasteiger partial charge on any atom is 0.251 e. The van der Waals surface area contributed by atoms with Gasteiger partial charge in [0, 0.05) is 22.2 Å². The number of amides is 1. The van der Waals surface area contributed by atoms with Gasteiger partial charge in [-0.05, 0) is 61.1 Å². The van der Waals surface area contributed by atoms with Crippen LogP contribution >= 0.6 is 0 Å². The number of para-hydroxylation sites is 2. The van der Waals surface area contributed by atoms with Gasteiger partial charge in [0.1, 0.15) is 12.7 Å². The number of hydrogen-bond donors (Lipinski definition) is 2. The minimum absolute atomic E-state index is 0.0804. The van der Waals surface area contributed by atoms with E-state index < -0.39 is 0 Å². The minimum Gasteiger partial charge on any atom is -0.486 e. The quantitative estimate of drug-likeness (QED) is 0.730. The molecule has 0 saturated carbocycles. The zero-order valence-corrected chi connectivity index (χ0v) is 16.0. The Balaban J connectivity index is 1.29. The minimum atomic E-state index is -0.191. The maximum absolute atomic E-state index is 12.7. The molecule has 2 aromatic carbocycles. The van der Waals surface area contributed by atoms with Gasteiger partial charge < -0.3 is 19.8 Å². The predicted molar refractivity (Wildman–Crippen MR) is 108 cm³/mol. The van der Waals surface area contributed by atoms with Gasteiger partial charge in [0.25, 0.3) is 5.91 Å². The molecule has 28 heavy (non-hydrogen) atoms. The number of carbonyl (C=O) groups excluding carboxylic acids is 1. The first kappa shape index (κ1) is 17.2. The van der Waals surface area contributed by atoms with Crippen LogP contribution in [0.4, 0.5) is 0 Å². The van der Waals surface area contributed by atoms with Crippen LogP contribution in [0.15, 0.2) is 42.5 Å². The van der Waals surface area contributed by atoms with Crippen LogP contribution in [0.1, 0.15) is 35.0 Å². The molecule has 0 radical (unpaired) electrons. The molecule has 2 aliphatic rings. The zero-order chi connectivity index (χ0) is 19.1. The third kappa shape index (κ3) is 3.11. The van der Waals surface area contributed by atoms with Crippen LogP contribution in [0, 0.1) is 5.92 Å². The summed E-state index contributed by atoms with van der Waals surface area (Å²) < 4.78 is 11.6. The molecule has 1 aliphatic heterocycles. The Labute approximate surface area is 164 Å². The van der Waals surface area contributed by atoms with E-state index in [2.05, 4.69) is 17.2 Å². The molecular weight excluding hydrogens is 352 g/mol. The molecule has 0 spiro atoms. The molecule has 1 amide bonds. The standard InChI is InChI=1S/C23H24N2O3/c1-14-6-8-19-17(10-14)18-11-15(7-9-20(18)25-19)23(26)24-12-16-13-27-21-4-2-3-5-22(21)28-16/h2-5,7,9,11,14,16,25H,6,8,10,12-13H2,1H3,(H,24,26). The number of aromatic nitrogens is 1. The Morgan fingerprint density at radius 1 is 1.21 bits per heavy atom. The first-order valence-electron chi connectivity index (χ1n) is 9.97.